The summed E-state index contributed by atoms with van der Waals surface area (Å²) in [6, 6.07) is 14.8. The zero-order valence-electron chi connectivity index (χ0n) is 14.7. The van der Waals surface area contributed by atoms with Crippen LogP contribution in [-0.2, 0) is 10.1 Å². The molecule has 4 aromatic rings. The van der Waals surface area contributed by atoms with Crippen molar-refractivity contribution in [3.8, 4) is 16.9 Å². The molecule has 0 spiro atoms. The lowest BCUT2D eigenvalue weighted by Gasteiger charge is -2.13. The first-order valence-corrected chi connectivity index (χ1v) is 10.1. The Hall–Kier alpha value is -3.04. The van der Waals surface area contributed by atoms with E-state index in [2.05, 4.69) is 4.18 Å². The van der Waals surface area contributed by atoms with Gasteiger partial charge in [0.25, 0.3) is 0 Å². The predicted molar refractivity (Wildman–Crippen MR) is 106 cm³/mol. The van der Waals surface area contributed by atoms with E-state index in [0.717, 1.165) is 6.07 Å². The quantitative estimate of drug-likeness (QED) is 0.232. The fourth-order valence-corrected chi connectivity index (χ4v) is 3.52. The number of fused-ring (bicyclic) bond motifs is 2. The molecule has 1 heterocycles. The van der Waals surface area contributed by atoms with Crippen molar-refractivity contribution in [3.63, 3.8) is 0 Å². The van der Waals surface area contributed by atoms with Crippen LogP contribution in [0.25, 0.3) is 33.1 Å². The minimum absolute atomic E-state index is 0.0681. The number of para-hydroxylation sites is 1. The maximum Gasteiger partial charge on any atom is 0.534 e. The molecule has 0 atom stereocenters. The summed E-state index contributed by atoms with van der Waals surface area (Å²) in [6.07, 6.45) is 0. The molecular formula is C20H10ClF3O5S. The molecule has 0 unspecified atom stereocenters. The van der Waals surface area contributed by atoms with Gasteiger partial charge in [0.15, 0.2) is 5.75 Å². The van der Waals surface area contributed by atoms with Crippen LogP contribution in [0.2, 0.25) is 5.02 Å². The van der Waals surface area contributed by atoms with Gasteiger partial charge in [0.2, 0.25) is 5.43 Å². The van der Waals surface area contributed by atoms with Gasteiger partial charge in [-0.05, 0) is 47.5 Å². The standard InChI is InChI=1S/C20H10ClF3O5S/c21-13-7-5-11(6-8-13)12-9-16-18(17(10-12)29-30(26,27)20(22,23)24)19(25)14-3-1-2-4-15(14)28-16/h1-10H. The average molecular weight is 455 g/mol. The molecule has 0 aliphatic heterocycles. The summed E-state index contributed by atoms with van der Waals surface area (Å²) in [5.74, 6) is -0.783. The zero-order valence-corrected chi connectivity index (χ0v) is 16.3. The van der Waals surface area contributed by atoms with E-state index < -0.39 is 32.2 Å². The summed E-state index contributed by atoms with van der Waals surface area (Å²) >= 11 is 5.86. The fourth-order valence-electron chi connectivity index (χ4n) is 2.93. The third-order valence-corrected chi connectivity index (χ3v) is 5.52. The predicted octanol–water partition coefficient (Wildman–Crippen LogP) is 5.50. The second kappa shape index (κ2) is 7.03. The fraction of sp³-hybridized carbons (Fsp3) is 0.0500. The molecular weight excluding hydrogens is 445 g/mol. The Balaban J connectivity index is 2.06. The van der Waals surface area contributed by atoms with Gasteiger partial charge in [0.05, 0.1) is 5.39 Å². The topological polar surface area (TPSA) is 73.6 Å². The summed E-state index contributed by atoms with van der Waals surface area (Å²) in [7, 11) is -6.02. The summed E-state index contributed by atoms with van der Waals surface area (Å²) in [4.78, 5) is 12.9. The Bertz CT molecular complexity index is 1440. The number of alkyl halides is 3. The molecule has 3 aromatic carbocycles. The van der Waals surface area contributed by atoms with Crippen LogP contribution >= 0.6 is 11.6 Å². The largest absolute Gasteiger partial charge is 0.534 e. The van der Waals surface area contributed by atoms with Crippen LogP contribution in [0.15, 0.2) is 69.9 Å². The molecule has 4 rings (SSSR count). The highest BCUT2D eigenvalue weighted by Gasteiger charge is 2.49. The third kappa shape index (κ3) is 3.50. The first-order valence-electron chi connectivity index (χ1n) is 8.33. The highest BCUT2D eigenvalue weighted by molar-refractivity contribution is 7.88. The van der Waals surface area contributed by atoms with E-state index in [4.69, 9.17) is 16.0 Å². The second-order valence-electron chi connectivity index (χ2n) is 6.26. The summed E-state index contributed by atoms with van der Waals surface area (Å²) in [5, 5.41) is 0.0749. The summed E-state index contributed by atoms with van der Waals surface area (Å²) in [6.45, 7) is 0. The van der Waals surface area contributed by atoms with Crippen molar-refractivity contribution in [2.75, 3.05) is 0 Å². The van der Waals surface area contributed by atoms with Crippen molar-refractivity contribution in [2.24, 2.45) is 0 Å². The highest BCUT2D eigenvalue weighted by Crippen LogP contribution is 2.36. The Morgan fingerprint density at radius 1 is 0.900 bits per heavy atom. The first kappa shape index (κ1) is 20.2. The van der Waals surface area contributed by atoms with Crippen LogP contribution in [0.3, 0.4) is 0 Å². The van der Waals surface area contributed by atoms with E-state index in [9.17, 15) is 26.4 Å². The molecule has 0 saturated carbocycles. The molecule has 0 saturated heterocycles. The Labute approximate surface area is 172 Å². The van der Waals surface area contributed by atoms with E-state index in [1.165, 1.54) is 18.2 Å². The van der Waals surface area contributed by atoms with Crippen LogP contribution in [0.1, 0.15) is 0 Å². The molecule has 0 bridgehead atoms. The Morgan fingerprint density at radius 2 is 1.57 bits per heavy atom. The zero-order chi connectivity index (χ0) is 21.7. The van der Waals surface area contributed by atoms with Crippen molar-refractivity contribution in [3.05, 3.63) is 75.9 Å². The van der Waals surface area contributed by atoms with Crippen LogP contribution in [-0.4, -0.2) is 13.9 Å². The normalized spacial score (nSPS) is 12.4. The SMILES string of the molecule is O=c1c2ccccc2oc2cc(-c3ccc(Cl)cc3)cc(OS(=O)(=O)C(F)(F)F)c12. The van der Waals surface area contributed by atoms with Crippen molar-refractivity contribution >= 4 is 43.7 Å². The summed E-state index contributed by atoms with van der Waals surface area (Å²) in [5.41, 5.74) is -5.57. The van der Waals surface area contributed by atoms with Gasteiger partial charge in [-0.25, -0.2) is 0 Å². The van der Waals surface area contributed by atoms with Crippen molar-refractivity contribution in [1.82, 2.24) is 0 Å². The molecule has 0 amide bonds. The van der Waals surface area contributed by atoms with E-state index in [1.807, 2.05) is 0 Å². The lowest BCUT2D eigenvalue weighted by molar-refractivity contribution is -0.0499. The van der Waals surface area contributed by atoms with Gasteiger partial charge in [-0.15, -0.1) is 0 Å². The number of hydrogen-bond donors (Lipinski definition) is 0. The molecule has 154 valence electrons. The molecule has 0 radical (unpaired) electrons. The van der Waals surface area contributed by atoms with E-state index in [0.29, 0.717) is 10.6 Å². The Kier molecular flexibility index (Phi) is 4.74. The molecule has 30 heavy (non-hydrogen) atoms. The third-order valence-electron chi connectivity index (χ3n) is 4.31. The molecule has 0 aliphatic carbocycles. The minimum atomic E-state index is -6.02. The Morgan fingerprint density at radius 3 is 2.23 bits per heavy atom. The van der Waals surface area contributed by atoms with Gasteiger partial charge in [-0.3, -0.25) is 4.79 Å². The summed E-state index contributed by atoms with van der Waals surface area (Å²) < 4.78 is 72.0. The van der Waals surface area contributed by atoms with Crippen LogP contribution in [0, 0.1) is 0 Å². The smallest absolute Gasteiger partial charge is 0.456 e. The van der Waals surface area contributed by atoms with Crippen molar-refractivity contribution in [2.45, 2.75) is 5.51 Å². The number of hydrogen-bond acceptors (Lipinski definition) is 5. The average Bonchev–Trinajstić information content (AvgIpc) is 2.67. The van der Waals surface area contributed by atoms with E-state index in [-0.39, 0.29) is 22.1 Å². The van der Waals surface area contributed by atoms with Gasteiger partial charge < -0.3 is 8.60 Å². The monoisotopic (exact) mass is 454 g/mol. The van der Waals surface area contributed by atoms with Gasteiger partial charge >= 0.3 is 15.6 Å². The lowest BCUT2D eigenvalue weighted by Crippen LogP contribution is -2.28. The maximum atomic E-state index is 12.9. The minimum Gasteiger partial charge on any atom is -0.456 e. The van der Waals surface area contributed by atoms with Gasteiger partial charge in [-0.2, -0.15) is 21.6 Å². The van der Waals surface area contributed by atoms with Crippen molar-refractivity contribution in [1.29, 1.82) is 0 Å². The number of benzene rings is 3. The number of rotatable bonds is 3. The van der Waals surface area contributed by atoms with E-state index in [1.54, 1.807) is 36.4 Å². The van der Waals surface area contributed by atoms with Crippen molar-refractivity contribution < 1.29 is 30.2 Å². The first-order chi connectivity index (χ1) is 14.1. The molecule has 10 heteroatoms. The maximum absolute atomic E-state index is 12.9. The van der Waals surface area contributed by atoms with E-state index >= 15 is 0 Å². The molecule has 1 aromatic heterocycles. The van der Waals surface area contributed by atoms with Gasteiger partial charge in [-0.1, -0.05) is 35.9 Å². The molecule has 0 N–H and O–H groups in total. The van der Waals surface area contributed by atoms with Crippen LogP contribution in [0.5, 0.6) is 5.75 Å². The molecule has 0 fully saturated rings. The second-order valence-corrected chi connectivity index (χ2v) is 8.24. The van der Waals surface area contributed by atoms with Crippen LogP contribution in [0.4, 0.5) is 13.2 Å². The highest BCUT2D eigenvalue weighted by atomic mass is 35.5. The lowest BCUT2D eigenvalue weighted by atomic mass is 10.0. The van der Waals surface area contributed by atoms with Crippen LogP contribution < -0.4 is 9.61 Å². The van der Waals surface area contributed by atoms with Gasteiger partial charge in [0, 0.05) is 5.02 Å². The van der Waals surface area contributed by atoms with Gasteiger partial charge in [0.1, 0.15) is 16.6 Å². The molecule has 5 nitrogen and oxygen atoms in total. The molecule has 0 aliphatic rings. The number of halogens is 4.